The fourth-order valence-corrected chi connectivity index (χ4v) is 4.17. The fraction of sp³-hybridized carbons (Fsp3) is 0.294. The summed E-state index contributed by atoms with van der Waals surface area (Å²) < 4.78 is 7.73. The molecule has 27 heavy (non-hydrogen) atoms. The summed E-state index contributed by atoms with van der Waals surface area (Å²) >= 11 is 4.70. The molecule has 0 bridgehead atoms. The molecule has 0 aliphatic carbocycles. The molecule has 10 heteroatoms. The van der Waals surface area contributed by atoms with Gasteiger partial charge < -0.3 is 15.0 Å². The molecule has 0 spiro atoms. The van der Waals surface area contributed by atoms with E-state index in [9.17, 15) is 9.59 Å². The minimum atomic E-state index is -0.459. The third kappa shape index (κ3) is 4.02. The van der Waals surface area contributed by atoms with E-state index >= 15 is 0 Å². The molecule has 4 rings (SSSR count). The molecule has 0 radical (unpaired) electrons. The number of carbonyl (C=O) groups excluding carboxylic acids is 1. The highest BCUT2D eigenvalue weighted by Crippen LogP contribution is 2.23. The number of hydrogen-bond donors (Lipinski definition) is 1. The van der Waals surface area contributed by atoms with E-state index in [1.165, 1.54) is 21.9 Å². The van der Waals surface area contributed by atoms with Gasteiger partial charge in [-0.2, -0.15) is 9.50 Å². The zero-order valence-corrected chi connectivity index (χ0v) is 16.6. The molecule has 1 saturated heterocycles. The second kappa shape index (κ2) is 7.75. The zero-order valence-electron chi connectivity index (χ0n) is 14.2. The van der Waals surface area contributed by atoms with Crippen molar-refractivity contribution >= 4 is 43.3 Å². The van der Waals surface area contributed by atoms with Crippen LogP contribution in [-0.4, -0.2) is 46.8 Å². The maximum atomic E-state index is 12.7. The average molecular weight is 450 g/mol. The minimum Gasteiger partial charge on any atom is -0.378 e. The third-order valence-electron chi connectivity index (χ3n) is 4.10. The highest BCUT2D eigenvalue weighted by molar-refractivity contribution is 9.10. The number of anilines is 1. The Kier molecular flexibility index (Phi) is 5.19. The standard InChI is InChI=1S/C17H16BrN5O3S/c18-12-3-1-2-11(8-12)10-19-15(25)13-9-14(24)20-16-23(13)21-17(27-16)22-4-6-26-7-5-22/h1-3,8-9H,4-7,10H2,(H,19,25). The number of carbonyl (C=O) groups is 1. The van der Waals surface area contributed by atoms with E-state index in [2.05, 4.69) is 36.2 Å². The fourth-order valence-electron chi connectivity index (χ4n) is 2.77. The lowest BCUT2D eigenvalue weighted by Crippen LogP contribution is -2.36. The first kappa shape index (κ1) is 18.1. The van der Waals surface area contributed by atoms with Gasteiger partial charge in [-0.15, -0.1) is 5.10 Å². The van der Waals surface area contributed by atoms with Crippen molar-refractivity contribution in [3.63, 3.8) is 0 Å². The number of nitrogens with one attached hydrogen (secondary N) is 1. The van der Waals surface area contributed by atoms with Crippen molar-refractivity contribution in [1.29, 1.82) is 0 Å². The van der Waals surface area contributed by atoms with Crippen LogP contribution in [0.1, 0.15) is 16.1 Å². The number of ether oxygens (including phenoxy) is 1. The molecule has 0 atom stereocenters. The maximum Gasteiger partial charge on any atom is 0.274 e. The summed E-state index contributed by atoms with van der Waals surface area (Å²) in [6, 6.07) is 8.87. The second-order valence-electron chi connectivity index (χ2n) is 5.97. The summed E-state index contributed by atoms with van der Waals surface area (Å²) in [6.07, 6.45) is 0. The largest absolute Gasteiger partial charge is 0.378 e. The molecule has 3 heterocycles. The summed E-state index contributed by atoms with van der Waals surface area (Å²) in [5, 5.41) is 8.06. The Morgan fingerprint density at radius 1 is 1.30 bits per heavy atom. The summed E-state index contributed by atoms with van der Waals surface area (Å²) in [5.74, 6) is -0.372. The normalized spacial score (nSPS) is 14.5. The lowest BCUT2D eigenvalue weighted by Gasteiger charge is -2.25. The molecule has 2 aromatic heterocycles. The van der Waals surface area contributed by atoms with Gasteiger partial charge in [-0.3, -0.25) is 9.59 Å². The Labute approximate surface area is 166 Å². The van der Waals surface area contributed by atoms with E-state index in [0.29, 0.717) is 24.7 Å². The van der Waals surface area contributed by atoms with Gasteiger partial charge in [0.15, 0.2) is 0 Å². The zero-order chi connectivity index (χ0) is 18.8. The van der Waals surface area contributed by atoms with Crippen LogP contribution in [-0.2, 0) is 11.3 Å². The maximum absolute atomic E-state index is 12.7. The number of nitrogens with zero attached hydrogens (tertiary/aromatic N) is 4. The Hall–Kier alpha value is -2.30. The van der Waals surface area contributed by atoms with Gasteiger partial charge in [-0.25, -0.2) is 0 Å². The Balaban J connectivity index is 1.60. The predicted molar refractivity (Wildman–Crippen MR) is 105 cm³/mol. The lowest BCUT2D eigenvalue weighted by atomic mass is 10.2. The number of benzene rings is 1. The van der Waals surface area contributed by atoms with E-state index in [0.717, 1.165) is 28.3 Å². The average Bonchev–Trinajstić information content (AvgIpc) is 3.10. The van der Waals surface area contributed by atoms with Crippen molar-refractivity contribution in [2.45, 2.75) is 6.54 Å². The molecular weight excluding hydrogens is 434 g/mol. The first-order valence-corrected chi connectivity index (χ1v) is 9.97. The molecular formula is C17H16BrN5O3S. The monoisotopic (exact) mass is 449 g/mol. The van der Waals surface area contributed by atoms with Crippen LogP contribution in [0.2, 0.25) is 0 Å². The topological polar surface area (TPSA) is 88.8 Å². The number of fused-ring (bicyclic) bond motifs is 1. The number of halogens is 1. The van der Waals surface area contributed by atoms with Gasteiger partial charge >= 0.3 is 0 Å². The van der Waals surface area contributed by atoms with Crippen LogP contribution in [0.25, 0.3) is 4.96 Å². The Morgan fingerprint density at radius 2 is 2.11 bits per heavy atom. The van der Waals surface area contributed by atoms with Gasteiger partial charge in [0, 0.05) is 30.2 Å². The SMILES string of the molecule is O=C(NCc1cccc(Br)c1)c1cc(=O)nc2sc(N3CCOCC3)nn12. The van der Waals surface area contributed by atoms with Crippen molar-refractivity contribution in [3.05, 3.63) is 56.4 Å². The van der Waals surface area contributed by atoms with E-state index in [1.807, 2.05) is 24.3 Å². The number of amides is 1. The Morgan fingerprint density at radius 3 is 2.89 bits per heavy atom. The second-order valence-corrected chi connectivity index (χ2v) is 7.82. The molecule has 0 saturated carbocycles. The molecule has 1 amide bonds. The molecule has 0 unspecified atom stereocenters. The van der Waals surface area contributed by atoms with Crippen molar-refractivity contribution in [1.82, 2.24) is 19.9 Å². The summed E-state index contributed by atoms with van der Waals surface area (Å²) in [7, 11) is 0. The predicted octanol–water partition coefficient (Wildman–Crippen LogP) is 1.68. The minimum absolute atomic E-state index is 0.177. The smallest absolute Gasteiger partial charge is 0.274 e. The number of hydrogen-bond acceptors (Lipinski definition) is 7. The summed E-state index contributed by atoms with van der Waals surface area (Å²) in [5.41, 5.74) is 0.665. The Bertz CT molecular complexity index is 1040. The van der Waals surface area contributed by atoms with Gasteiger partial charge in [0.1, 0.15) is 5.69 Å². The van der Waals surface area contributed by atoms with Crippen molar-refractivity contribution in [2.24, 2.45) is 0 Å². The number of rotatable bonds is 4. The van der Waals surface area contributed by atoms with Gasteiger partial charge in [0.05, 0.1) is 13.2 Å². The van der Waals surface area contributed by atoms with E-state index in [1.54, 1.807) is 0 Å². The first-order chi connectivity index (χ1) is 13.1. The molecule has 1 N–H and O–H groups in total. The van der Waals surface area contributed by atoms with E-state index in [-0.39, 0.29) is 11.6 Å². The molecule has 140 valence electrons. The first-order valence-electron chi connectivity index (χ1n) is 8.36. The van der Waals surface area contributed by atoms with Crippen LogP contribution < -0.4 is 15.8 Å². The lowest BCUT2D eigenvalue weighted by molar-refractivity contribution is 0.0943. The van der Waals surface area contributed by atoms with Crippen LogP contribution in [0.5, 0.6) is 0 Å². The van der Waals surface area contributed by atoms with Crippen molar-refractivity contribution in [2.75, 3.05) is 31.2 Å². The molecule has 1 aliphatic rings. The molecule has 8 nitrogen and oxygen atoms in total. The molecule has 3 aromatic rings. The van der Waals surface area contributed by atoms with Crippen LogP contribution in [0.3, 0.4) is 0 Å². The molecule has 1 aliphatic heterocycles. The quantitative estimate of drug-likeness (QED) is 0.651. The van der Waals surface area contributed by atoms with Crippen molar-refractivity contribution < 1.29 is 9.53 Å². The van der Waals surface area contributed by atoms with Crippen molar-refractivity contribution in [3.8, 4) is 0 Å². The van der Waals surface area contributed by atoms with Crippen LogP contribution >= 0.6 is 27.3 Å². The molecule has 1 aromatic carbocycles. The summed E-state index contributed by atoms with van der Waals surface area (Å²) in [4.78, 5) is 31.1. The third-order valence-corrected chi connectivity index (χ3v) is 5.56. The number of aromatic nitrogens is 3. The van der Waals surface area contributed by atoms with E-state index < -0.39 is 5.56 Å². The summed E-state index contributed by atoms with van der Waals surface area (Å²) in [6.45, 7) is 3.03. The van der Waals surface area contributed by atoms with Crippen LogP contribution in [0.15, 0.2) is 39.6 Å². The highest BCUT2D eigenvalue weighted by Gasteiger charge is 2.20. The van der Waals surface area contributed by atoms with Gasteiger partial charge in [0.2, 0.25) is 10.1 Å². The van der Waals surface area contributed by atoms with Crippen LogP contribution in [0.4, 0.5) is 5.13 Å². The van der Waals surface area contributed by atoms with Gasteiger partial charge in [-0.05, 0) is 17.7 Å². The highest BCUT2D eigenvalue weighted by atomic mass is 79.9. The van der Waals surface area contributed by atoms with Crippen LogP contribution in [0, 0.1) is 0 Å². The van der Waals surface area contributed by atoms with E-state index in [4.69, 9.17) is 4.74 Å². The van der Waals surface area contributed by atoms with Gasteiger partial charge in [0.25, 0.3) is 11.5 Å². The number of morpholine rings is 1. The van der Waals surface area contributed by atoms with Gasteiger partial charge in [-0.1, -0.05) is 39.4 Å². The molecule has 1 fully saturated rings.